The van der Waals surface area contributed by atoms with E-state index in [9.17, 15) is 4.79 Å². The first-order valence-electron chi connectivity index (χ1n) is 7.19. The van der Waals surface area contributed by atoms with E-state index in [0.29, 0.717) is 22.2 Å². The molecule has 2 heterocycles. The van der Waals surface area contributed by atoms with Crippen molar-refractivity contribution in [1.82, 2.24) is 30.8 Å². The molecule has 1 saturated heterocycles. The minimum absolute atomic E-state index is 0. The molecular weight excluding hydrogens is 339 g/mol. The second-order valence-corrected chi connectivity index (χ2v) is 5.90. The Morgan fingerprint density at radius 2 is 2.30 bits per heavy atom. The molecule has 0 spiro atoms. The molecule has 0 radical (unpaired) electrons. The average Bonchev–Trinajstić information content (AvgIpc) is 3.03. The molecule has 9 heteroatoms. The molecule has 1 fully saturated rings. The van der Waals surface area contributed by atoms with Crippen molar-refractivity contribution in [3.63, 3.8) is 0 Å². The van der Waals surface area contributed by atoms with Crippen molar-refractivity contribution in [3.05, 3.63) is 35.1 Å². The van der Waals surface area contributed by atoms with E-state index < -0.39 is 0 Å². The van der Waals surface area contributed by atoms with E-state index in [-0.39, 0.29) is 24.4 Å². The highest BCUT2D eigenvalue weighted by Gasteiger charge is 2.24. The predicted molar refractivity (Wildman–Crippen MR) is 89.3 cm³/mol. The fourth-order valence-electron chi connectivity index (χ4n) is 2.59. The maximum absolute atomic E-state index is 12.6. The number of piperidine rings is 1. The SMILES string of the molecule is CC1CCNCC1NC(=O)c1cc(Cl)ccc1-n1cnnn1.Cl. The quantitative estimate of drug-likeness (QED) is 0.869. The number of tetrazole rings is 1. The molecule has 7 nitrogen and oxygen atoms in total. The van der Waals surface area contributed by atoms with Crippen LogP contribution in [0.1, 0.15) is 23.7 Å². The second-order valence-electron chi connectivity index (χ2n) is 5.47. The summed E-state index contributed by atoms with van der Waals surface area (Å²) in [7, 11) is 0. The monoisotopic (exact) mass is 356 g/mol. The predicted octanol–water partition coefficient (Wildman–Crippen LogP) is 1.47. The lowest BCUT2D eigenvalue weighted by atomic mass is 9.94. The van der Waals surface area contributed by atoms with Crippen LogP contribution < -0.4 is 10.6 Å². The minimum atomic E-state index is -0.173. The first-order valence-corrected chi connectivity index (χ1v) is 7.57. The highest BCUT2D eigenvalue weighted by atomic mass is 35.5. The summed E-state index contributed by atoms with van der Waals surface area (Å²) in [6, 6.07) is 5.17. The van der Waals surface area contributed by atoms with Gasteiger partial charge in [0.05, 0.1) is 11.3 Å². The van der Waals surface area contributed by atoms with Gasteiger partial charge in [0, 0.05) is 17.6 Å². The molecule has 23 heavy (non-hydrogen) atoms. The Morgan fingerprint density at radius 1 is 1.48 bits per heavy atom. The van der Waals surface area contributed by atoms with Crippen molar-refractivity contribution < 1.29 is 4.79 Å². The zero-order valence-corrected chi connectivity index (χ0v) is 14.1. The third-order valence-electron chi connectivity index (χ3n) is 3.94. The van der Waals surface area contributed by atoms with Crippen molar-refractivity contribution >= 4 is 29.9 Å². The summed E-state index contributed by atoms with van der Waals surface area (Å²) < 4.78 is 1.45. The van der Waals surface area contributed by atoms with E-state index in [1.807, 2.05) is 0 Å². The van der Waals surface area contributed by atoms with Gasteiger partial charge in [-0.05, 0) is 47.5 Å². The number of carbonyl (C=O) groups is 1. The fourth-order valence-corrected chi connectivity index (χ4v) is 2.76. The molecule has 0 aliphatic carbocycles. The molecule has 124 valence electrons. The molecule has 1 aromatic carbocycles. The number of benzene rings is 1. The van der Waals surface area contributed by atoms with Crippen LogP contribution in [0.3, 0.4) is 0 Å². The van der Waals surface area contributed by atoms with E-state index in [4.69, 9.17) is 11.6 Å². The van der Waals surface area contributed by atoms with Crippen LogP contribution in [-0.4, -0.2) is 45.2 Å². The van der Waals surface area contributed by atoms with Crippen LogP contribution in [0.5, 0.6) is 0 Å². The molecule has 1 aliphatic rings. The highest BCUT2D eigenvalue weighted by molar-refractivity contribution is 6.31. The Bertz CT molecular complexity index is 663. The molecule has 2 N–H and O–H groups in total. The van der Waals surface area contributed by atoms with Crippen molar-refractivity contribution in [2.75, 3.05) is 13.1 Å². The van der Waals surface area contributed by atoms with Gasteiger partial charge in [-0.3, -0.25) is 4.79 Å². The fraction of sp³-hybridized carbons (Fsp3) is 0.429. The van der Waals surface area contributed by atoms with Crippen LogP contribution in [0.25, 0.3) is 5.69 Å². The Balaban J connectivity index is 0.00000192. The van der Waals surface area contributed by atoms with Gasteiger partial charge in [-0.1, -0.05) is 18.5 Å². The lowest BCUT2D eigenvalue weighted by Gasteiger charge is -2.30. The molecule has 1 aliphatic heterocycles. The summed E-state index contributed by atoms with van der Waals surface area (Å²) in [5.41, 5.74) is 1.06. The zero-order valence-electron chi connectivity index (χ0n) is 12.6. The maximum atomic E-state index is 12.6. The molecule has 1 amide bonds. The van der Waals surface area contributed by atoms with Gasteiger partial charge in [-0.2, -0.15) is 4.68 Å². The van der Waals surface area contributed by atoms with Crippen molar-refractivity contribution in [1.29, 1.82) is 0 Å². The number of aromatic nitrogens is 4. The lowest BCUT2D eigenvalue weighted by Crippen LogP contribution is -2.50. The summed E-state index contributed by atoms with van der Waals surface area (Å²) in [6.07, 6.45) is 2.49. The van der Waals surface area contributed by atoms with Gasteiger partial charge in [0.1, 0.15) is 6.33 Å². The highest BCUT2D eigenvalue weighted by Crippen LogP contribution is 2.20. The average molecular weight is 357 g/mol. The van der Waals surface area contributed by atoms with Gasteiger partial charge in [-0.25, -0.2) is 0 Å². The summed E-state index contributed by atoms with van der Waals surface area (Å²) >= 11 is 6.04. The van der Waals surface area contributed by atoms with Crippen LogP contribution in [0, 0.1) is 5.92 Å². The molecule has 3 rings (SSSR count). The molecule has 2 aromatic rings. The van der Waals surface area contributed by atoms with Gasteiger partial charge in [-0.15, -0.1) is 17.5 Å². The summed E-state index contributed by atoms with van der Waals surface area (Å²) in [5, 5.41) is 17.9. The Hall–Kier alpha value is -1.70. The summed E-state index contributed by atoms with van der Waals surface area (Å²) in [5.74, 6) is 0.259. The van der Waals surface area contributed by atoms with Crippen LogP contribution in [0.2, 0.25) is 5.02 Å². The Morgan fingerprint density at radius 3 is 3.00 bits per heavy atom. The summed E-state index contributed by atoms with van der Waals surface area (Å²) in [4.78, 5) is 12.6. The standard InChI is InChI=1S/C14H17ClN6O.ClH/c1-9-4-5-16-7-12(9)18-14(22)11-6-10(15)2-3-13(11)21-8-17-19-20-21;/h2-3,6,8-9,12,16H,4-5,7H2,1H3,(H,18,22);1H. The molecule has 2 unspecified atom stereocenters. The number of carbonyl (C=O) groups excluding carboxylic acids is 1. The van der Waals surface area contributed by atoms with Gasteiger partial charge in [0.15, 0.2) is 0 Å². The Labute approximate surface area is 145 Å². The molecule has 0 bridgehead atoms. The topological polar surface area (TPSA) is 84.7 Å². The van der Waals surface area contributed by atoms with Crippen molar-refractivity contribution in [2.24, 2.45) is 5.92 Å². The smallest absolute Gasteiger partial charge is 0.253 e. The van der Waals surface area contributed by atoms with E-state index >= 15 is 0 Å². The minimum Gasteiger partial charge on any atom is -0.348 e. The van der Waals surface area contributed by atoms with Crippen LogP contribution in [0.4, 0.5) is 0 Å². The second kappa shape index (κ2) is 7.72. The van der Waals surface area contributed by atoms with Gasteiger partial charge in [0.2, 0.25) is 0 Å². The van der Waals surface area contributed by atoms with E-state index in [0.717, 1.165) is 19.5 Å². The number of nitrogens with one attached hydrogen (secondary N) is 2. The molecule has 2 atom stereocenters. The third kappa shape index (κ3) is 3.99. The number of amides is 1. The van der Waals surface area contributed by atoms with Crippen LogP contribution in [-0.2, 0) is 0 Å². The third-order valence-corrected chi connectivity index (χ3v) is 4.18. The lowest BCUT2D eigenvalue weighted by molar-refractivity contribution is 0.0915. The number of halogens is 2. The molecule has 0 saturated carbocycles. The number of hydrogen-bond acceptors (Lipinski definition) is 5. The first-order chi connectivity index (χ1) is 10.6. The Kier molecular flexibility index (Phi) is 5.92. The molecule has 1 aromatic heterocycles. The van der Waals surface area contributed by atoms with Gasteiger partial charge in [0.25, 0.3) is 5.91 Å². The van der Waals surface area contributed by atoms with Crippen molar-refractivity contribution in [3.8, 4) is 5.69 Å². The number of rotatable bonds is 3. The number of hydrogen-bond donors (Lipinski definition) is 2. The van der Waals surface area contributed by atoms with E-state index in [1.54, 1.807) is 18.2 Å². The largest absolute Gasteiger partial charge is 0.348 e. The van der Waals surface area contributed by atoms with Gasteiger partial charge < -0.3 is 10.6 Å². The molecular formula is C14H18Cl2N6O. The maximum Gasteiger partial charge on any atom is 0.253 e. The number of nitrogens with zero attached hydrogens (tertiary/aromatic N) is 4. The van der Waals surface area contributed by atoms with Gasteiger partial charge >= 0.3 is 0 Å². The van der Waals surface area contributed by atoms with E-state index in [1.165, 1.54) is 11.0 Å². The van der Waals surface area contributed by atoms with Crippen LogP contribution in [0.15, 0.2) is 24.5 Å². The van der Waals surface area contributed by atoms with Crippen molar-refractivity contribution in [2.45, 2.75) is 19.4 Å². The first kappa shape index (κ1) is 17.7. The van der Waals surface area contributed by atoms with Crippen LogP contribution >= 0.6 is 24.0 Å². The normalized spacial score (nSPS) is 20.6. The zero-order chi connectivity index (χ0) is 15.5. The van der Waals surface area contributed by atoms with E-state index in [2.05, 4.69) is 33.1 Å². The summed E-state index contributed by atoms with van der Waals surface area (Å²) in [6.45, 7) is 3.90.